The summed E-state index contributed by atoms with van der Waals surface area (Å²) in [5.74, 6) is 0.0669. The van der Waals surface area contributed by atoms with Crippen molar-refractivity contribution in [3.8, 4) is 0 Å². The Kier molecular flexibility index (Phi) is 3.61. The predicted molar refractivity (Wildman–Crippen MR) is 66.5 cm³/mol. The first kappa shape index (κ1) is 11.9. The van der Waals surface area contributed by atoms with Gasteiger partial charge in [0.1, 0.15) is 5.84 Å². The van der Waals surface area contributed by atoms with Crippen LogP contribution < -0.4 is 10.6 Å². The SMILES string of the molecule is N=C(N)c1ccc(N2CCOCC2CO)cc1. The Bertz CT molecular complexity index is 391. The van der Waals surface area contributed by atoms with Crippen molar-refractivity contribution in [1.29, 1.82) is 5.41 Å². The summed E-state index contributed by atoms with van der Waals surface area (Å²) in [5.41, 5.74) is 7.14. The highest BCUT2D eigenvalue weighted by Crippen LogP contribution is 2.20. The third kappa shape index (κ3) is 2.57. The molecule has 0 aliphatic carbocycles. The fourth-order valence-electron chi connectivity index (χ4n) is 1.98. The van der Waals surface area contributed by atoms with Crippen LogP contribution in [-0.2, 0) is 4.74 Å². The predicted octanol–water partition coefficient (Wildman–Crippen LogP) is 0.168. The molecule has 92 valence electrons. The fourth-order valence-corrected chi connectivity index (χ4v) is 1.98. The Balaban J connectivity index is 2.17. The minimum atomic E-state index is 0.00641. The van der Waals surface area contributed by atoms with E-state index in [-0.39, 0.29) is 18.5 Å². The average molecular weight is 235 g/mol. The van der Waals surface area contributed by atoms with Gasteiger partial charge in [-0.2, -0.15) is 0 Å². The summed E-state index contributed by atoms with van der Waals surface area (Å²) >= 11 is 0. The van der Waals surface area contributed by atoms with Crippen molar-refractivity contribution in [2.45, 2.75) is 6.04 Å². The van der Waals surface area contributed by atoms with E-state index in [2.05, 4.69) is 4.90 Å². The molecule has 2 rings (SSSR count). The van der Waals surface area contributed by atoms with Crippen LogP contribution in [0.15, 0.2) is 24.3 Å². The molecule has 5 heteroatoms. The minimum absolute atomic E-state index is 0.00641. The lowest BCUT2D eigenvalue weighted by molar-refractivity contribution is 0.0727. The summed E-state index contributed by atoms with van der Waals surface area (Å²) in [5, 5.41) is 16.6. The zero-order chi connectivity index (χ0) is 12.3. The van der Waals surface area contributed by atoms with Gasteiger partial charge in [0.25, 0.3) is 0 Å². The Morgan fingerprint density at radius 1 is 1.47 bits per heavy atom. The molecule has 1 aliphatic heterocycles. The van der Waals surface area contributed by atoms with Gasteiger partial charge >= 0.3 is 0 Å². The molecule has 4 N–H and O–H groups in total. The quantitative estimate of drug-likeness (QED) is 0.515. The fraction of sp³-hybridized carbons (Fsp3) is 0.417. The van der Waals surface area contributed by atoms with Gasteiger partial charge in [0.05, 0.1) is 25.9 Å². The van der Waals surface area contributed by atoms with E-state index < -0.39 is 0 Å². The molecule has 1 atom stereocenters. The first-order valence-corrected chi connectivity index (χ1v) is 5.62. The van der Waals surface area contributed by atoms with E-state index in [0.29, 0.717) is 18.8 Å². The maximum atomic E-state index is 9.29. The molecular formula is C12H17N3O2. The summed E-state index contributed by atoms with van der Waals surface area (Å²) in [6, 6.07) is 7.49. The number of ether oxygens (including phenoxy) is 1. The van der Waals surface area contributed by atoms with Gasteiger partial charge in [-0.25, -0.2) is 0 Å². The van der Waals surface area contributed by atoms with Crippen molar-refractivity contribution in [3.05, 3.63) is 29.8 Å². The number of anilines is 1. The zero-order valence-electron chi connectivity index (χ0n) is 9.60. The molecule has 17 heavy (non-hydrogen) atoms. The van der Waals surface area contributed by atoms with Crippen LogP contribution in [0.2, 0.25) is 0 Å². The molecule has 0 saturated carbocycles. The van der Waals surface area contributed by atoms with Crippen molar-refractivity contribution in [2.24, 2.45) is 5.73 Å². The van der Waals surface area contributed by atoms with E-state index in [1.54, 1.807) is 0 Å². The van der Waals surface area contributed by atoms with Gasteiger partial charge in [-0.05, 0) is 24.3 Å². The molecule has 0 aromatic heterocycles. The number of hydrogen-bond acceptors (Lipinski definition) is 4. The number of aliphatic hydroxyl groups excluding tert-OH is 1. The summed E-state index contributed by atoms with van der Waals surface area (Å²) in [7, 11) is 0. The molecule has 0 amide bonds. The molecule has 1 fully saturated rings. The smallest absolute Gasteiger partial charge is 0.122 e. The molecule has 0 radical (unpaired) electrons. The standard InChI is InChI=1S/C12H17N3O2/c13-12(14)9-1-3-10(4-2-9)15-5-6-17-8-11(15)7-16/h1-4,11,16H,5-8H2,(H3,13,14). The van der Waals surface area contributed by atoms with Crippen LogP contribution in [0.4, 0.5) is 5.69 Å². The highest BCUT2D eigenvalue weighted by Gasteiger charge is 2.22. The molecule has 1 aromatic rings. The van der Waals surface area contributed by atoms with Crippen LogP contribution in [0.25, 0.3) is 0 Å². The second-order valence-corrected chi connectivity index (χ2v) is 4.07. The number of hydrogen-bond donors (Lipinski definition) is 3. The number of nitrogens with zero attached hydrogens (tertiary/aromatic N) is 1. The van der Waals surface area contributed by atoms with Gasteiger partial charge in [0.2, 0.25) is 0 Å². The molecule has 1 heterocycles. The Morgan fingerprint density at radius 3 is 2.76 bits per heavy atom. The van der Waals surface area contributed by atoms with E-state index in [1.165, 1.54) is 0 Å². The zero-order valence-corrected chi connectivity index (χ0v) is 9.60. The van der Waals surface area contributed by atoms with Crippen LogP contribution in [0.5, 0.6) is 0 Å². The third-order valence-corrected chi connectivity index (χ3v) is 2.95. The topological polar surface area (TPSA) is 82.6 Å². The summed E-state index contributed by atoms with van der Waals surface area (Å²) < 4.78 is 5.33. The van der Waals surface area contributed by atoms with Crippen LogP contribution in [0, 0.1) is 5.41 Å². The Labute approximate surface area is 100 Å². The van der Waals surface area contributed by atoms with Crippen molar-refractivity contribution < 1.29 is 9.84 Å². The van der Waals surface area contributed by atoms with Gasteiger partial charge in [0.15, 0.2) is 0 Å². The van der Waals surface area contributed by atoms with Crippen LogP contribution in [0.3, 0.4) is 0 Å². The van der Waals surface area contributed by atoms with Crippen LogP contribution >= 0.6 is 0 Å². The normalized spacial score (nSPS) is 20.3. The Hall–Kier alpha value is -1.59. The molecule has 5 nitrogen and oxygen atoms in total. The van der Waals surface area contributed by atoms with E-state index in [4.69, 9.17) is 15.9 Å². The highest BCUT2D eigenvalue weighted by atomic mass is 16.5. The molecular weight excluding hydrogens is 218 g/mol. The summed E-state index contributed by atoms with van der Waals surface area (Å²) in [6.45, 7) is 2.06. The molecule has 1 unspecified atom stereocenters. The number of morpholine rings is 1. The van der Waals surface area contributed by atoms with Crippen molar-refractivity contribution in [3.63, 3.8) is 0 Å². The van der Waals surface area contributed by atoms with E-state index in [1.807, 2.05) is 24.3 Å². The molecule has 1 saturated heterocycles. The monoisotopic (exact) mass is 235 g/mol. The highest BCUT2D eigenvalue weighted by molar-refractivity contribution is 5.95. The molecule has 0 bridgehead atoms. The average Bonchev–Trinajstić information content (AvgIpc) is 2.39. The lowest BCUT2D eigenvalue weighted by atomic mass is 10.1. The largest absolute Gasteiger partial charge is 0.394 e. The minimum Gasteiger partial charge on any atom is -0.394 e. The molecule has 1 aromatic carbocycles. The van der Waals surface area contributed by atoms with E-state index in [9.17, 15) is 5.11 Å². The number of aliphatic hydroxyl groups is 1. The first-order valence-electron chi connectivity index (χ1n) is 5.62. The second-order valence-electron chi connectivity index (χ2n) is 4.07. The van der Waals surface area contributed by atoms with Crippen molar-refractivity contribution in [1.82, 2.24) is 0 Å². The Morgan fingerprint density at radius 2 is 2.18 bits per heavy atom. The third-order valence-electron chi connectivity index (χ3n) is 2.95. The van der Waals surface area contributed by atoms with Gasteiger partial charge in [0, 0.05) is 17.8 Å². The number of nitrogens with one attached hydrogen (secondary N) is 1. The van der Waals surface area contributed by atoms with E-state index in [0.717, 1.165) is 12.2 Å². The van der Waals surface area contributed by atoms with Crippen molar-refractivity contribution in [2.75, 3.05) is 31.3 Å². The number of amidine groups is 1. The lowest BCUT2D eigenvalue weighted by Crippen LogP contribution is -2.47. The number of nitrogens with two attached hydrogens (primary N) is 1. The van der Waals surface area contributed by atoms with Crippen LogP contribution in [0.1, 0.15) is 5.56 Å². The molecule has 0 spiro atoms. The summed E-state index contributed by atoms with van der Waals surface area (Å²) in [4.78, 5) is 2.12. The second kappa shape index (κ2) is 5.16. The van der Waals surface area contributed by atoms with E-state index >= 15 is 0 Å². The van der Waals surface area contributed by atoms with Gasteiger partial charge < -0.3 is 20.5 Å². The number of nitrogen functional groups attached to an aromatic ring is 1. The molecule has 1 aliphatic rings. The van der Waals surface area contributed by atoms with Gasteiger partial charge in [-0.15, -0.1) is 0 Å². The van der Waals surface area contributed by atoms with Gasteiger partial charge in [-0.3, -0.25) is 5.41 Å². The number of rotatable bonds is 3. The van der Waals surface area contributed by atoms with Gasteiger partial charge in [-0.1, -0.05) is 0 Å². The maximum Gasteiger partial charge on any atom is 0.122 e. The lowest BCUT2D eigenvalue weighted by Gasteiger charge is -2.36. The first-order chi connectivity index (χ1) is 8.22. The maximum absolute atomic E-state index is 9.29. The summed E-state index contributed by atoms with van der Waals surface area (Å²) in [6.07, 6.45) is 0. The van der Waals surface area contributed by atoms with Crippen molar-refractivity contribution >= 4 is 11.5 Å². The van der Waals surface area contributed by atoms with Crippen LogP contribution in [-0.4, -0.2) is 43.3 Å². The number of benzene rings is 1.